The van der Waals surface area contributed by atoms with Gasteiger partial charge in [-0.2, -0.15) is 0 Å². The molecular weight excluding hydrogens is 340 g/mol. The number of nitrogens with zero attached hydrogens (tertiary/aromatic N) is 1. The molecular formula is C15H15ClN2O4S. The topological polar surface area (TPSA) is 77.4 Å². The molecule has 1 N–H and O–H groups in total. The van der Waals surface area contributed by atoms with Gasteiger partial charge in [-0.05, 0) is 26.0 Å². The first-order valence-corrected chi connectivity index (χ1v) is 8.04. The summed E-state index contributed by atoms with van der Waals surface area (Å²) in [6.07, 6.45) is -1.01. The van der Waals surface area contributed by atoms with Gasteiger partial charge in [0.15, 0.2) is 6.10 Å². The van der Waals surface area contributed by atoms with Crippen LogP contribution in [0, 0.1) is 6.92 Å². The van der Waals surface area contributed by atoms with Crippen molar-refractivity contribution in [2.75, 3.05) is 5.32 Å². The molecule has 2 rings (SSSR count). The number of anilines is 1. The molecule has 0 radical (unpaired) electrons. The molecule has 6 nitrogen and oxygen atoms in total. The van der Waals surface area contributed by atoms with E-state index in [9.17, 15) is 14.4 Å². The number of para-hydroxylation sites is 1. The molecule has 0 aliphatic rings. The molecule has 0 fully saturated rings. The molecule has 0 aliphatic heterocycles. The van der Waals surface area contributed by atoms with Gasteiger partial charge in [-0.1, -0.05) is 35.1 Å². The predicted molar refractivity (Wildman–Crippen MR) is 89.0 cm³/mol. The monoisotopic (exact) mass is 354 g/mol. The van der Waals surface area contributed by atoms with Crippen molar-refractivity contribution in [2.45, 2.75) is 26.5 Å². The molecule has 1 atom stereocenters. The molecule has 23 heavy (non-hydrogen) atoms. The lowest BCUT2D eigenvalue weighted by Gasteiger charge is -2.14. The molecule has 8 heteroatoms. The standard InChI is InChI=1S/C15H15ClN2O4S/c1-9-8-23-15(21)18(9)7-13(19)22-10(2)14(20)17-12-6-4-3-5-11(12)16/h3-6,8,10H,7H2,1-2H3,(H,17,20)/t10-/m0/s1. The van der Waals surface area contributed by atoms with Crippen molar-refractivity contribution in [2.24, 2.45) is 0 Å². The first-order valence-electron chi connectivity index (χ1n) is 6.78. The number of rotatable bonds is 5. The van der Waals surface area contributed by atoms with Gasteiger partial charge in [-0.15, -0.1) is 0 Å². The van der Waals surface area contributed by atoms with E-state index in [-0.39, 0.29) is 11.4 Å². The van der Waals surface area contributed by atoms with Gasteiger partial charge in [0.25, 0.3) is 5.91 Å². The average Bonchev–Trinajstić information content (AvgIpc) is 2.81. The number of aromatic nitrogens is 1. The maximum atomic E-state index is 12.0. The zero-order valence-electron chi connectivity index (χ0n) is 12.5. The summed E-state index contributed by atoms with van der Waals surface area (Å²) in [4.78, 5) is 35.2. The number of esters is 1. The van der Waals surface area contributed by atoms with Gasteiger partial charge in [-0.3, -0.25) is 19.0 Å². The number of benzene rings is 1. The van der Waals surface area contributed by atoms with E-state index in [1.54, 1.807) is 36.6 Å². The van der Waals surface area contributed by atoms with Crippen molar-refractivity contribution < 1.29 is 14.3 Å². The van der Waals surface area contributed by atoms with E-state index in [1.807, 2.05) is 0 Å². The van der Waals surface area contributed by atoms with Crippen LogP contribution >= 0.6 is 22.9 Å². The third-order valence-electron chi connectivity index (χ3n) is 3.07. The van der Waals surface area contributed by atoms with E-state index >= 15 is 0 Å². The Labute approximate surface area is 141 Å². The Morgan fingerprint density at radius 3 is 2.70 bits per heavy atom. The largest absolute Gasteiger partial charge is 0.451 e. The second-order valence-electron chi connectivity index (χ2n) is 4.83. The third kappa shape index (κ3) is 4.43. The molecule has 2 aromatic rings. The van der Waals surface area contributed by atoms with Gasteiger partial charge in [0.1, 0.15) is 6.54 Å². The summed E-state index contributed by atoms with van der Waals surface area (Å²) in [5, 5.41) is 4.63. The number of halogens is 1. The van der Waals surface area contributed by atoms with Crippen LogP contribution in [0.5, 0.6) is 0 Å². The summed E-state index contributed by atoms with van der Waals surface area (Å²) in [6.45, 7) is 2.95. The Morgan fingerprint density at radius 2 is 2.09 bits per heavy atom. The van der Waals surface area contributed by atoms with Gasteiger partial charge in [-0.25, -0.2) is 0 Å². The minimum atomic E-state index is -1.01. The fraction of sp³-hybridized carbons (Fsp3) is 0.267. The zero-order chi connectivity index (χ0) is 17.0. The van der Waals surface area contributed by atoms with Crippen LogP contribution in [-0.4, -0.2) is 22.5 Å². The summed E-state index contributed by atoms with van der Waals surface area (Å²) >= 11 is 6.96. The zero-order valence-corrected chi connectivity index (χ0v) is 14.1. The normalized spacial score (nSPS) is 11.8. The Morgan fingerprint density at radius 1 is 1.39 bits per heavy atom. The lowest BCUT2D eigenvalue weighted by atomic mass is 10.3. The highest BCUT2D eigenvalue weighted by molar-refractivity contribution is 7.07. The second-order valence-corrected chi connectivity index (χ2v) is 6.06. The average molecular weight is 355 g/mol. The molecule has 0 bridgehead atoms. The van der Waals surface area contributed by atoms with Crippen molar-refractivity contribution in [3.05, 3.63) is 50.0 Å². The Balaban J connectivity index is 1.94. The van der Waals surface area contributed by atoms with Crippen molar-refractivity contribution in [1.29, 1.82) is 0 Å². The van der Waals surface area contributed by atoms with Gasteiger partial charge < -0.3 is 10.1 Å². The maximum Gasteiger partial charge on any atom is 0.326 e. The number of carbonyl (C=O) groups is 2. The van der Waals surface area contributed by atoms with E-state index in [2.05, 4.69) is 5.32 Å². The van der Waals surface area contributed by atoms with Crippen molar-refractivity contribution in [1.82, 2.24) is 4.57 Å². The Hall–Kier alpha value is -2.12. The molecule has 1 aromatic heterocycles. The number of carbonyl (C=O) groups excluding carboxylic acids is 2. The highest BCUT2D eigenvalue weighted by Gasteiger charge is 2.19. The SMILES string of the molecule is Cc1csc(=O)n1CC(=O)O[C@@H](C)C(=O)Nc1ccccc1Cl. The van der Waals surface area contributed by atoms with Gasteiger partial charge in [0.2, 0.25) is 0 Å². The predicted octanol–water partition coefficient (Wildman–Crippen LogP) is 2.44. The summed E-state index contributed by atoms with van der Waals surface area (Å²) in [5.74, 6) is -1.16. The van der Waals surface area contributed by atoms with Crippen LogP contribution in [-0.2, 0) is 20.9 Å². The highest BCUT2D eigenvalue weighted by Crippen LogP contribution is 2.20. The van der Waals surface area contributed by atoms with Crippen LogP contribution in [0.3, 0.4) is 0 Å². The van der Waals surface area contributed by atoms with Crippen molar-refractivity contribution in [3.63, 3.8) is 0 Å². The summed E-state index contributed by atoms with van der Waals surface area (Å²) in [6, 6.07) is 6.74. The van der Waals surface area contributed by atoms with Crippen molar-refractivity contribution in [3.8, 4) is 0 Å². The lowest BCUT2D eigenvalue weighted by molar-refractivity contribution is -0.153. The molecule has 122 valence electrons. The van der Waals surface area contributed by atoms with Crippen LogP contribution in [0.25, 0.3) is 0 Å². The number of ether oxygens (including phenoxy) is 1. The van der Waals surface area contributed by atoms with E-state index in [1.165, 1.54) is 11.5 Å². The maximum absolute atomic E-state index is 12.0. The van der Waals surface area contributed by atoms with E-state index < -0.39 is 18.0 Å². The minimum absolute atomic E-state index is 0.224. The Kier molecular flexibility index (Phi) is 5.57. The quantitative estimate of drug-likeness (QED) is 0.836. The van der Waals surface area contributed by atoms with E-state index in [0.29, 0.717) is 16.4 Å². The second kappa shape index (κ2) is 7.43. The number of hydrogen-bond donors (Lipinski definition) is 1. The van der Waals surface area contributed by atoms with Crippen LogP contribution in [0.1, 0.15) is 12.6 Å². The van der Waals surface area contributed by atoms with Crippen LogP contribution in [0.2, 0.25) is 5.02 Å². The summed E-state index contributed by atoms with van der Waals surface area (Å²) in [5.41, 5.74) is 1.11. The number of aryl methyl sites for hydroxylation is 1. The number of nitrogens with one attached hydrogen (secondary N) is 1. The Bertz CT molecular complexity index is 784. The molecule has 0 aliphatic carbocycles. The van der Waals surface area contributed by atoms with Gasteiger partial charge in [0.05, 0.1) is 10.7 Å². The molecule has 1 heterocycles. The first kappa shape index (κ1) is 17.2. The smallest absolute Gasteiger partial charge is 0.326 e. The fourth-order valence-electron chi connectivity index (χ4n) is 1.81. The molecule has 0 unspecified atom stereocenters. The molecule has 1 amide bonds. The van der Waals surface area contributed by atoms with E-state index in [0.717, 1.165) is 11.3 Å². The first-order chi connectivity index (χ1) is 10.9. The summed E-state index contributed by atoms with van der Waals surface area (Å²) in [7, 11) is 0. The summed E-state index contributed by atoms with van der Waals surface area (Å²) < 4.78 is 6.36. The lowest BCUT2D eigenvalue weighted by Crippen LogP contribution is -2.32. The van der Waals surface area contributed by atoms with Gasteiger partial charge in [0, 0.05) is 11.1 Å². The highest BCUT2D eigenvalue weighted by atomic mass is 35.5. The van der Waals surface area contributed by atoms with Crippen LogP contribution < -0.4 is 10.2 Å². The number of amides is 1. The van der Waals surface area contributed by atoms with E-state index in [4.69, 9.17) is 16.3 Å². The molecule has 0 saturated carbocycles. The molecule has 0 saturated heterocycles. The van der Waals surface area contributed by atoms with Gasteiger partial charge >= 0.3 is 10.8 Å². The van der Waals surface area contributed by atoms with Crippen molar-refractivity contribution >= 4 is 40.5 Å². The number of hydrogen-bond acceptors (Lipinski definition) is 5. The number of thiazole rings is 1. The molecule has 1 aromatic carbocycles. The van der Waals surface area contributed by atoms with Crippen LogP contribution in [0.4, 0.5) is 5.69 Å². The molecule has 0 spiro atoms. The van der Waals surface area contributed by atoms with Crippen LogP contribution in [0.15, 0.2) is 34.4 Å². The minimum Gasteiger partial charge on any atom is -0.451 e. The third-order valence-corrected chi connectivity index (χ3v) is 4.28. The fourth-order valence-corrected chi connectivity index (χ4v) is 2.73.